The Morgan fingerprint density at radius 3 is 2.75 bits per heavy atom. The van der Waals surface area contributed by atoms with Crippen molar-refractivity contribution in [3.05, 3.63) is 51.5 Å². The molecule has 28 heavy (non-hydrogen) atoms. The third-order valence-corrected chi connectivity index (χ3v) is 4.61. The van der Waals surface area contributed by atoms with E-state index in [9.17, 15) is 19.5 Å². The van der Waals surface area contributed by atoms with E-state index in [1.54, 1.807) is 0 Å². The van der Waals surface area contributed by atoms with Gasteiger partial charge in [-0.3, -0.25) is 9.69 Å². The van der Waals surface area contributed by atoms with Crippen LogP contribution in [0.1, 0.15) is 21.9 Å². The molecule has 3 rings (SSSR count). The molecule has 0 radical (unpaired) electrons. The van der Waals surface area contributed by atoms with Crippen LogP contribution in [0.25, 0.3) is 6.08 Å². The van der Waals surface area contributed by atoms with Gasteiger partial charge in [0.15, 0.2) is 11.5 Å². The van der Waals surface area contributed by atoms with E-state index in [1.807, 2.05) is 0 Å². The number of rotatable bonds is 5. The van der Waals surface area contributed by atoms with E-state index in [0.29, 0.717) is 10.0 Å². The number of esters is 1. The predicted octanol–water partition coefficient (Wildman–Crippen LogP) is 2.64. The first-order chi connectivity index (χ1) is 13.3. The molecule has 1 fully saturated rings. The van der Waals surface area contributed by atoms with Crippen molar-refractivity contribution >= 4 is 39.9 Å². The molecule has 2 N–H and O–H groups in total. The average Bonchev–Trinajstić information content (AvgIpc) is 3.24. The van der Waals surface area contributed by atoms with Gasteiger partial charge >= 0.3 is 12.0 Å². The molecule has 0 aliphatic carbocycles. The van der Waals surface area contributed by atoms with Gasteiger partial charge in [0.05, 0.1) is 20.8 Å². The summed E-state index contributed by atoms with van der Waals surface area (Å²) in [5.41, 5.74) is 0.560. The van der Waals surface area contributed by atoms with Crippen molar-refractivity contribution in [2.45, 2.75) is 6.54 Å². The molecule has 3 amide bonds. The van der Waals surface area contributed by atoms with Crippen LogP contribution in [0.15, 0.2) is 38.9 Å². The van der Waals surface area contributed by atoms with Crippen molar-refractivity contribution in [1.29, 1.82) is 0 Å². The van der Waals surface area contributed by atoms with Gasteiger partial charge in [-0.15, -0.1) is 0 Å². The summed E-state index contributed by atoms with van der Waals surface area (Å²) in [5.74, 6) is -0.859. The van der Waals surface area contributed by atoms with Crippen LogP contribution in [0.4, 0.5) is 4.79 Å². The molecule has 1 aliphatic rings. The second-order valence-electron chi connectivity index (χ2n) is 5.68. The van der Waals surface area contributed by atoms with Gasteiger partial charge in [0.2, 0.25) is 5.76 Å². The maximum absolute atomic E-state index is 12.6. The lowest BCUT2D eigenvalue weighted by atomic mass is 10.1. The number of nitrogens with zero attached hydrogens (tertiary/aromatic N) is 1. The largest absolute Gasteiger partial charge is 0.504 e. The number of benzene rings is 1. The van der Waals surface area contributed by atoms with Crippen LogP contribution in [0, 0.1) is 0 Å². The van der Waals surface area contributed by atoms with Crippen molar-refractivity contribution in [2.75, 3.05) is 14.2 Å². The minimum atomic E-state index is -0.657. The molecule has 0 spiro atoms. The monoisotopic (exact) mass is 450 g/mol. The molecule has 1 aromatic carbocycles. The Balaban J connectivity index is 1.83. The Kier molecular flexibility index (Phi) is 5.41. The van der Waals surface area contributed by atoms with E-state index in [0.717, 1.165) is 4.90 Å². The number of furan rings is 1. The topological polar surface area (TPSA) is 118 Å². The van der Waals surface area contributed by atoms with Crippen molar-refractivity contribution in [3.8, 4) is 11.5 Å². The number of carbonyl (C=O) groups excluding carboxylic acids is 3. The SMILES string of the molecule is COC(=O)c1ccc(CN2C(=O)N/C(=C\c3cc(OC)c(O)cc3Br)C2=O)o1. The first kappa shape index (κ1) is 19.5. The second-order valence-corrected chi connectivity index (χ2v) is 6.54. The molecule has 0 atom stereocenters. The Hall–Kier alpha value is -3.27. The van der Waals surface area contributed by atoms with Crippen molar-refractivity contribution in [3.63, 3.8) is 0 Å². The quantitative estimate of drug-likeness (QED) is 0.408. The van der Waals surface area contributed by atoms with E-state index in [-0.39, 0.29) is 35.3 Å². The van der Waals surface area contributed by atoms with Crippen LogP contribution in [0.5, 0.6) is 11.5 Å². The number of phenols is 1. The molecule has 146 valence electrons. The lowest BCUT2D eigenvalue weighted by Gasteiger charge is -2.09. The predicted molar refractivity (Wildman–Crippen MR) is 99.5 cm³/mol. The Labute approximate surface area is 167 Å². The number of phenolic OH excluding ortho intramolecular Hbond substituents is 1. The zero-order valence-corrected chi connectivity index (χ0v) is 16.4. The van der Waals surface area contributed by atoms with Gasteiger partial charge in [-0.1, -0.05) is 15.9 Å². The molecule has 0 unspecified atom stereocenters. The van der Waals surface area contributed by atoms with E-state index in [1.165, 1.54) is 44.6 Å². The summed E-state index contributed by atoms with van der Waals surface area (Å²) in [4.78, 5) is 37.2. The highest BCUT2D eigenvalue weighted by Gasteiger charge is 2.34. The highest BCUT2D eigenvalue weighted by molar-refractivity contribution is 9.10. The van der Waals surface area contributed by atoms with Crippen LogP contribution in [0.2, 0.25) is 0 Å². The summed E-state index contributed by atoms with van der Waals surface area (Å²) in [6.07, 6.45) is 1.45. The normalized spacial score (nSPS) is 15.1. The van der Waals surface area contributed by atoms with E-state index in [2.05, 4.69) is 26.0 Å². The maximum atomic E-state index is 12.6. The van der Waals surface area contributed by atoms with E-state index >= 15 is 0 Å². The standard InChI is InChI=1S/C18H15BrN2O7/c1-26-15-6-9(11(19)7-13(15)22)5-12-16(23)21(18(25)20-12)8-10-3-4-14(28-10)17(24)27-2/h3-7,22H,8H2,1-2H3,(H,20,25)/b12-5-. The fraction of sp³-hybridized carbons (Fsp3) is 0.167. The lowest BCUT2D eigenvalue weighted by molar-refractivity contribution is -0.123. The highest BCUT2D eigenvalue weighted by atomic mass is 79.9. The van der Waals surface area contributed by atoms with Crippen LogP contribution in [-0.2, 0) is 16.1 Å². The van der Waals surface area contributed by atoms with Crippen LogP contribution >= 0.6 is 15.9 Å². The molecule has 1 aromatic heterocycles. The van der Waals surface area contributed by atoms with E-state index < -0.39 is 17.9 Å². The van der Waals surface area contributed by atoms with Gasteiger partial charge in [-0.05, 0) is 35.9 Å². The second kappa shape index (κ2) is 7.77. The number of urea groups is 1. The summed E-state index contributed by atoms with van der Waals surface area (Å²) >= 11 is 3.29. The Bertz CT molecular complexity index is 996. The average molecular weight is 451 g/mol. The molecule has 9 nitrogen and oxygen atoms in total. The molecule has 0 bridgehead atoms. The third kappa shape index (κ3) is 3.72. The molecule has 2 aromatic rings. The number of amides is 3. The number of hydrogen-bond donors (Lipinski definition) is 2. The lowest BCUT2D eigenvalue weighted by Crippen LogP contribution is -2.30. The molecule has 1 aliphatic heterocycles. The first-order valence-corrected chi connectivity index (χ1v) is 8.71. The van der Waals surface area contributed by atoms with Gasteiger partial charge in [0, 0.05) is 4.47 Å². The number of imide groups is 1. The van der Waals surface area contributed by atoms with Crippen LogP contribution in [0.3, 0.4) is 0 Å². The van der Waals surface area contributed by atoms with Crippen molar-refractivity contribution in [1.82, 2.24) is 10.2 Å². The number of halogens is 1. The highest BCUT2D eigenvalue weighted by Crippen LogP contribution is 2.33. The van der Waals surface area contributed by atoms with Crippen LogP contribution < -0.4 is 10.1 Å². The van der Waals surface area contributed by atoms with Gasteiger partial charge in [0.1, 0.15) is 11.5 Å². The number of ether oxygens (including phenoxy) is 2. The minimum absolute atomic E-state index is 0.0274. The Morgan fingerprint density at radius 2 is 2.07 bits per heavy atom. The van der Waals surface area contributed by atoms with Gasteiger partial charge in [-0.2, -0.15) is 0 Å². The molecular formula is C18H15BrN2O7. The summed E-state index contributed by atoms with van der Waals surface area (Å²) in [6.45, 7) is -0.154. The van der Waals surface area contributed by atoms with Gasteiger partial charge in [0.25, 0.3) is 5.91 Å². The van der Waals surface area contributed by atoms with Crippen molar-refractivity contribution < 1.29 is 33.4 Å². The fourth-order valence-electron chi connectivity index (χ4n) is 2.53. The molecule has 1 saturated heterocycles. The number of hydrogen-bond acceptors (Lipinski definition) is 7. The smallest absolute Gasteiger partial charge is 0.373 e. The maximum Gasteiger partial charge on any atom is 0.373 e. The third-order valence-electron chi connectivity index (χ3n) is 3.92. The van der Waals surface area contributed by atoms with Crippen LogP contribution in [-0.4, -0.2) is 42.1 Å². The van der Waals surface area contributed by atoms with Gasteiger partial charge in [-0.25, -0.2) is 9.59 Å². The molecule has 0 saturated carbocycles. The Morgan fingerprint density at radius 1 is 1.32 bits per heavy atom. The minimum Gasteiger partial charge on any atom is -0.504 e. The summed E-state index contributed by atoms with van der Waals surface area (Å²) in [7, 11) is 2.62. The first-order valence-electron chi connectivity index (χ1n) is 7.92. The van der Waals surface area contributed by atoms with Crippen molar-refractivity contribution in [2.24, 2.45) is 0 Å². The van der Waals surface area contributed by atoms with E-state index in [4.69, 9.17) is 9.15 Å². The summed E-state index contributed by atoms with van der Waals surface area (Å²) in [5, 5.41) is 12.3. The molecular weight excluding hydrogens is 436 g/mol. The molecule has 2 heterocycles. The number of nitrogens with one attached hydrogen (secondary N) is 1. The molecule has 10 heteroatoms. The summed E-state index contributed by atoms with van der Waals surface area (Å²) in [6, 6.07) is 5.19. The summed E-state index contributed by atoms with van der Waals surface area (Å²) < 4.78 is 15.4. The van der Waals surface area contributed by atoms with Gasteiger partial charge < -0.3 is 24.3 Å². The number of methoxy groups -OCH3 is 2. The number of carbonyl (C=O) groups is 3. The zero-order valence-electron chi connectivity index (χ0n) is 14.8. The fourth-order valence-corrected chi connectivity index (χ4v) is 2.98. The number of aromatic hydroxyl groups is 1. The zero-order chi connectivity index (χ0) is 20.4.